The van der Waals surface area contributed by atoms with E-state index in [1.807, 2.05) is 0 Å². The summed E-state index contributed by atoms with van der Waals surface area (Å²) >= 11 is 1.01. The summed E-state index contributed by atoms with van der Waals surface area (Å²) in [4.78, 5) is 13.8. The van der Waals surface area contributed by atoms with Crippen molar-refractivity contribution in [1.82, 2.24) is 15.2 Å². The molecule has 8 heteroatoms. The molecular weight excluding hydrogens is 218 g/mol. The van der Waals surface area contributed by atoms with E-state index in [0.717, 1.165) is 16.9 Å². The molecule has 7 nitrogen and oxygen atoms in total. The highest BCUT2D eigenvalue weighted by Crippen LogP contribution is 2.25. The van der Waals surface area contributed by atoms with E-state index in [9.17, 15) is 10.1 Å². The van der Waals surface area contributed by atoms with E-state index in [-0.39, 0.29) is 5.00 Å². The summed E-state index contributed by atoms with van der Waals surface area (Å²) in [7, 11) is 0. The van der Waals surface area contributed by atoms with E-state index in [0.29, 0.717) is 11.7 Å². The van der Waals surface area contributed by atoms with Gasteiger partial charge in [-0.1, -0.05) is 0 Å². The third kappa shape index (κ3) is 2.29. The average Bonchev–Trinajstić information content (AvgIpc) is 2.86. The van der Waals surface area contributed by atoms with Gasteiger partial charge in [0.05, 0.1) is 11.1 Å². The van der Waals surface area contributed by atoms with Crippen LogP contribution in [-0.4, -0.2) is 20.1 Å². The minimum Gasteiger partial charge on any atom is -0.357 e. The Morgan fingerprint density at radius 1 is 1.60 bits per heavy atom. The molecule has 0 aliphatic heterocycles. The van der Waals surface area contributed by atoms with Gasteiger partial charge in [-0.2, -0.15) is 5.10 Å². The van der Waals surface area contributed by atoms with E-state index in [2.05, 4.69) is 20.5 Å². The first kappa shape index (κ1) is 9.59. The number of rotatable bonds is 4. The van der Waals surface area contributed by atoms with E-state index in [1.165, 1.54) is 6.20 Å². The molecule has 0 spiro atoms. The van der Waals surface area contributed by atoms with Gasteiger partial charge in [-0.15, -0.1) is 0 Å². The van der Waals surface area contributed by atoms with Crippen molar-refractivity contribution in [1.29, 1.82) is 0 Å². The van der Waals surface area contributed by atoms with Gasteiger partial charge in [-0.3, -0.25) is 15.2 Å². The second-order valence-corrected chi connectivity index (χ2v) is 3.73. The van der Waals surface area contributed by atoms with Crippen molar-refractivity contribution in [2.24, 2.45) is 0 Å². The Hall–Kier alpha value is -1.96. The predicted octanol–water partition coefficient (Wildman–Crippen LogP) is 1.39. The lowest BCUT2D eigenvalue weighted by Crippen LogP contribution is -1.96. The molecule has 0 saturated heterocycles. The molecule has 0 atom stereocenters. The first-order chi connectivity index (χ1) is 7.25. The van der Waals surface area contributed by atoms with Crippen molar-refractivity contribution in [2.75, 3.05) is 5.32 Å². The quantitative estimate of drug-likeness (QED) is 0.605. The zero-order chi connectivity index (χ0) is 10.7. The number of nitrogens with one attached hydrogen (secondary N) is 2. The fourth-order valence-corrected chi connectivity index (χ4v) is 1.61. The Labute approximate surface area is 88.3 Å². The van der Waals surface area contributed by atoms with Crippen LogP contribution in [0.4, 0.5) is 10.1 Å². The normalized spacial score (nSPS) is 10.1. The number of anilines is 1. The Morgan fingerprint density at radius 3 is 3.07 bits per heavy atom. The molecule has 2 rings (SSSR count). The monoisotopic (exact) mass is 225 g/mol. The lowest BCUT2D eigenvalue weighted by molar-refractivity contribution is -0.380. The highest BCUT2D eigenvalue weighted by molar-refractivity contribution is 7.18. The average molecular weight is 225 g/mol. The zero-order valence-corrected chi connectivity index (χ0v) is 8.32. The molecule has 2 heterocycles. The molecular formula is C7H7N5O2S. The van der Waals surface area contributed by atoms with Crippen molar-refractivity contribution in [3.63, 3.8) is 0 Å². The van der Waals surface area contributed by atoms with Crippen LogP contribution in [0.2, 0.25) is 0 Å². The smallest absolute Gasteiger partial charge is 0.345 e. The molecule has 0 aliphatic rings. The van der Waals surface area contributed by atoms with Gasteiger partial charge in [0.2, 0.25) is 0 Å². The molecule has 0 aromatic carbocycles. The fourth-order valence-electron chi connectivity index (χ4n) is 0.984. The van der Waals surface area contributed by atoms with Crippen molar-refractivity contribution < 1.29 is 4.92 Å². The Kier molecular flexibility index (Phi) is 2.59. The van der Waals surface area contributed by atoms with Gasteiger partial charge < -0.3 is 5.32 Å². The maximum atomic E-state index is 10.4. The van der Waals surface area contributed by atoms with E-state index >= 15 is 0 Å². The van der Waals surface area contributed by atoms with Crippen LogP contribution in [0.15, 0.2) is 18.6 Å². The van der Waals surface area contributed by atoms with Crippen LogP contribution >= 0.6 is 11.3 Å². The molecule has 15 heavy (non-hydrogen) atoms. The third-order valence-electron chi connectivity index (χ3n) is 1.67. The maximum absolute atomic E-state index is 10.4. The van der Waals surface area contributed by atoms with Crippen molar-refractivity contribution >= 4 is 21.5 Å². The van der Waals surface area contributed by atoms with E-state index < -0.39 is 4.92 Å². The van der Waals surface area contributed by atoms with Crippen molar-refractivity contribution in [3.8, 4) is 0 Å². The molecule has 0 radical (unpaired) electrons. The summed E-state index contributed by atoms with van der Waals surface area (Å²) in [6.07, 6.45) is 4.66. The number of hydrogen-bond acceptors (Lipinski definition) is 6. The largest absolute Gasteiger partial charge is 0.357 e. The van der Waals surface area contributed by atoms with Crippen LogP contribution in [0.1, 0.15) is 5.56 Å². The molecule has 0 aliphatic carbocycles. The summed E-state index contributed by atoms with van der Waals surface area (Å²) in [5, 5.41) is 20.4. The Bertz CT molecular complexity index is 452. The van der Waals surface area contributed by atoms with Gasteiger partial charge in [0.1, 0.15) is 6.20 Å². The molecule has 0 unspecified atom stereocenters. The first-order valence-electron chi connectivity index (χ1n) is 4.07. The number of aromatic nitrogens is 3. The van der Waals surface area contributed by atoms with Gasteiger partial charge in [-0.25, -0.2) is 4.98 Å². The highest BCUT2D eigenvalue weighted by atomic mass is 32.1. The van der Waals surface area contributed by atoms with Crippen molar-refractivity contribution in [3.05, 3.63) is 34.3 Å². The molecule has 0 saturated carbocycles. The number of aromatic amines is 1. The van der Waals surface area contributed by atoms with Gasteiger partial charge in [0.25, 0.3) is 0 Å². The summed E-state index contributed by atoms with van der Waals surface area (Å²) in [5.41, 5.74) is 0.966. The van der Waals surface area contributed by atoms with Crippen LogP contribution in [0.25, 0.3) is 0 Å². The molecule has 2 aromatic heterocycles. The fraction of sp³-hybridized carbons (Fsp3) is 0.143. The molecule has 78 valence electrons. The van der Waals surface area contributed by atoms with Crippen LogP contribution < -0.4 is 5.32 Å². The van der Waals surface area contributed by atoms with Crippen LogP contribution in [0.5, 0.6) is 0 Å². The number of thiazole rings is 1. The van der Waals surface area contributed by atoms with Gasteiger partial charge in [0.15, 0.2) is 5.13 Å². The zero-order valence-electron chi connectivity index (χ0n) is 7.51. The maximum Gasteiger partial charge on any atom is 0.345 e. The van der Waals surface area contributed by atoms with Gasteiger partial charge in [0, 0.05) is 18.3 Å². The lowest BCUT2D eigenvalue weighted by atomic mass is 10.4. The lowest BCUT2D eigenvalue weighted by Gasteiger charge is -1.96. The molecule has 0 bridgehead atoms. The summed E-state index contributed by atoms with van der Waals surface area (Å²) in [6.45, 7) is 0.543. The number of nitro groups is 1. The van der Waals surface area contributed by atoms with Gasteiger partial charge in [-0.05, 0) is 11.3 Å². The molecule has 2 N–H and O–H groups in total. The third-order valence-corrected chi connectivity index (χ3v) is 2.58. The minimum atomic E-state index is -0.458. The van der Waals surface area contributed by atoms with Crippen molar-refractivity contribution in [2.45, 2.75) is 6.54 Å². The molecule has 0 amide bonds. The minimum absolute atomic E-state index is 0.0321. The molecule has 0 fully saturated rings. The van der Waals surface area contributed by atoms with E-state index in [1.54, 1.807) is 12.4 Å². The van der Waals surface area contributed by atoms with Crippen LogP contribution in [0, 0.1) is 10.1 Å². The highest BCUT2D eigenvalue weighted by Gasteiger charge is 2.10. The number of H-pyrrole nitrogens is 1. The SMILES string of the molecule is O=[N+]([O-])c1cnc(NCc2cn[nH]c2)s1. The second kappa shape index (κ2) is 4.05. The number of hydrogen-bond donors (Lipinski definition) is 2. The van der Waals surface area contributed by atoms with Crippen LogP contribution in [-0.2, 0) is 6.54 Å². The summed E-state index contributed by atoms with van der Waals surface area (Å²) in [6, 6.07) is 0. The Morgan fingerprint density at radius 2 is 2.47 bits per heavy atom. The van der Waals surface area contributed by atoms with Gasteiger partial charge >= 0.3 is 5.00 Å². The topological polar surface area (TPSA) is 96.7 Å². The predicted molar refractivity (Wildman–Crippen MR) is 54.7 cm³/mol. The molecule has 2 aromatic rings. The van der Waals surface area contributed by atoms with E-state index in [4.69, 9.17) is 0 Å². The summed E-state index contributed by atoms with van der Waals surface area (Å²) in [5.74, 6) is 0. The number of nitrogens with zero attached hydrogens (tertiary/aromatic N) is 3. The Balaban J connectivity index is 1.96. The second-order valence-electron chi connectivity index (χ2n) is 2.72. The summed E-state index contributed by atoms with van der Waals surface area (Å²) < 4.78 is 0. The first-order valence-corrected chi connectivity index (χ1v) is 4.89. The standard InChI is InChI=1S/C7H7N5O2S/c13-12(14)6-4-9-7(15-6)8-1-5-2-10-11-3-5/h2-4H,1H2,(H,8,9)(H,10,11). The van der Waals surface area contributed by atoms with Crippen LogP contribution in [0.3, 0.4) is 0 Å².